The molecule has 1 aromatic rings. The van der Waals surface area contributed by atoms with E-state index in [1.165, 1.54) is 6.42 Å². The lowest BCUT2D eigenvalue weighted by Gasteiger charge is -2.26. The average molecular weight is 285 g/mol. The molecular formula is C12H17BrN2O. The fourth-order valence-corrected chi connectivity index (χ4v) is 2.58. The molecule has 0 saturated heterocycles. The molecular weight excluding hydrogens is 268 g/mol. The second-order valence-corrected chi connectivity index (χ2v) is 5.37. The SMILES string of the molecule is OC1CCCC(CNc2cncc(Br)c2)C1. The highest BCUT2D eigenvalue weighted by Crippen LogP contribution is 2.24. The van der Waals surface area contributed by atoms with Gasteiger partial charge in [-0.1, -0.05) is 6.42 Å². The lowest BCUT2D eigenvalue weighted by molar-refractivity contribution is 0.105. The van der Waals surface area contributed by atoms with E-state index < -0.39 is 0 Å². The van der Waals surface area contributed by atoms with Gasteiger partial charge in [-0.25, -0.2) is 0 Å². The Morgan fingerprint density at radius 2 is 2.31 bits per heavy atom. The van der Waals surface area contributed by atoms with E-state index in [2.05, 4.69) is 26.2 Å². The molecule has 88 valence electrons. The van der Waals surface area contributed by atoms with Crippen molar-refractivity contribution in [3.63, 3.8) is 0 Å². The average Bonchev–Trinajstić information content (AvgIpc) is 2.27. The van der Waals surface area contributed by atoms with E-state index >= 15 is 0 Å². The molecule has 1 saturated carbocycles. The topological polar surface area (TPSA) is 45.1 Å². The molecule has 0 spiro atoms. The summed E-state index contributed by atoms with van der Waals surface area (Å²) in [7, 11) is 0. The van der Waals surface area contributed by atoms with Gasteiger partial charge in [-0.2, -0.15) is 0 Å². The highest BCUT2D eigenvalue weighted by atomic mass is 79.9. The van der Waals surface area contributed by atoms with Crippen LogP contribution in [0.3, 0.4) is 0 Å². The number of hydrogen-bond acceptors (Lipinski definition) is 3. The Hall–Kier alpha value is -0.610. The monoisotopic (exact) mass is 284 g/mol. The molecule has 0 bridgehead atoms. The molecule has 4 heteroatoms. The summed E-state index contributed by atoms with van der Waals surface area (Å²) in [6.07, 6.45) is 7.75. The van der Waals surface area contributed by atoms with Crippen molar-refractivity contribution in [1.29, 1.82) is 0 Å². The van der Waals surface area contributed by atoms with Gasteiger partial charge in [-0.15, -0.1) is 0 Å². The Balaban J connectivity index is 1.82. The summed E-state index contributed by atoms with van der Waals surface area (Å²) in [5.41, 5.74) is 1.04. The van der Waals surface area contributed by atoms with E-state index in [1.54, 1.807) is 6.20 Å². The zero-order valence-corrected chi connectivity index (χ0v) is 10.8. The molecule has 1 aliphatic carbocycles. The van der Waals surface area contributed by atoms with Gasteiger partial charge >= 0.3 is 0 Å². The molecule has 1 aliphatic rings. The van der Waals surface area contributed by atoms with Crippen molar-refractivity contribution in [2.75, 3.05) is 11.9 Å². The number of halogens is 1. The maximum absolute atomic E-state index is 9.57. The number of rotatable bonds is 3. The lowest BCUT2D eigenvalue weighted by Crippen LogP contribution is -2.25. The van der Waals surface area contributed by atoms with E-state index in [-0.39, 0.29) is 6.10 Å². The van der Waals surface area contributed by atoms with Gasteiger partial charge in [0.15, 0.2) is 0 Å². The van der Waals surface area contributed by atoms with Crippen molar-refractivity contribution < 1.29 is 5.11 Å². The maximum atomic E-state index is 9.57. The number of hydrogen-bond donors (Lipinski definition) is 2. The van der Waals surface area contributed by atoms with Gasteiger partial charge in [0, 0.05) is 17.2 Å². The smallest absolute Gasteiger partial charge is 0.0543 e. The van der Waals surface area contributed by atoms with Crippen LogP contribution in [0.25, 0.3) is 0 Å². The first-order chi connectivity index (χ1) is 7.74. The van der Waals surface area contributed by atoms with Crippen molar-refractivity contribution in [1.82, 2.24) is 4.98 Å². The van der Waals surface area contributed by atoms with Crippen molar-refractivity contribution >= 4 is 21.6 Å². The van der Waals surface area contributed by atoms with Crippen molar-refractivity contribution in [2.45, 2.75) is 31.8 Å². The maximum Gasteiger partial charge on any atom is 0.0543 e. The summed E-state index contributed by atoms with van der Waals surface area (Å²) in [4.78, 5) is 4.10. The summed E-state index contributed by atoms with van der Waals surface area (Å²) in [5.74, 6) is 0.586. The fraction of sp³-hybridized carbons (Fsp3) is 0.583. The molecule has 1 heterocycles. The van der Waals surface area contributed by atoms with E-state index in [0.29, 0.717) is 5.92 Å². The van der Waals surface area contributed by atoms with Crippen molar-refractivity contribution in [3.05, 3.63) is 22.9 Å². The lowest BCUT2D eigenvalue weighted by atomic mass is 9.87. The van der Waals surface area contributed by atoms with Crippen LogP contribution in [0.2, 0.25) is 0 Å². The van der Waals surface area contributed by atoms with Crippen LogP contribution in [0.5, 0.6) is 0 Å². The van der Waals surface area contributed by atoms with Crippen LogP contribution in [0.4, 0.5) is 5.69 Å². The fourth-order valence-electron chi connectivity index (χ4n) is 2.22. The number of anilines is 1. The Labute approximate surface area is 104 Å². The van der Waals surface area contributed by atoms with Gasteiger partial charge in [-0.05, 0) is 47.2 Å². The second kappa shape index (κ2) is 5.64. The molecule has 1 aromatic heterocycles. The Morgan fingerprint density at radius 1 is 1.44 bits per heavy atom. The van der Waals surface area contributed by atoms with E-state index in [1.807, 2.05) is 12.3 Å². The third-order valence-electron chi connectivity index (χ3n) is 3.05. The Kier molecular flexibility index (Phi) is 4.18. The molecule has 2 atom stereocenters. The molecule has 0 aromatic carbocycles. The van der Waals surface area contributed by atoms with Crippen LogP contribution in [-0.4, -0.2) is 22.7 Å². The zero-order chi connectivity index (χ0) is 11.4. The van der Waals surface area contributed by atoms with Gasteiger partial charge in [-0.3, -0.25) is 4.98 Å². The quantitative estimate of drug-likeness (QED) is 0.897. The minimum Gasteiger partial charge on any atom is -0.393 e. The summed E-state index contributed by atoms with van der Waals surface area (Å²) >= 11 is 3.40. The predicted octanol–water partition coefficient (Wildman–Crippen LogP) is 2.81. The molecule has 3 nitrogen and oxygen atoms in total. The molecule has 16 heavy (non-hydrogen) atoms. The molecule has 2 unspecified atom stereocenters. The standard InChI is InChI=1S/C12H17BrN2O/c13-10-5-11(8-14-7-10)15-6-9-2-1-3-12(16)4-9/h5,7-9,12,15-16H,1-4,6H2. The second-order valence-electron chi connectivity index (χ2n) is 4.46. The van der Waals surface area contributed by atoms with Crippen LogP contribution in [0.1, 0.15) is 25.7 Å². The van der Waals surface area contributed by atoms with Crippen molar-refractivity contribution in [2.24, 2.45) is 5.92 Å². The number of nitrogens with one attached hydrogen (secondary N) is 1. The third kappa shape index (κ3) is 3.46. The third-order valence-corrected chi connectivity index (χ3v) is 3.49. The van der Waals surface area contributed by atoms with Crippen LogP contribution in [0, 0.1) is 5.92 Å². The number of aliphatic hydroxyl groups is 1. The van der Waals surface area contributed by atoms with Crippen LogP contribution < -0.4 is 5.32 Å². The normalized spacial score (nSPS) is 25.4. The van der Waals surface area contributed by atoms with Gasteiger partial charge < -0.3 is 10.4 Å². The minimum absolute atomic E-state index is 0.0961. The first-order valence-electron chi connectivity index (χ1n) is 5.76. The van der Waals surface area contributed by atoms with Gasteiger partial charge in [0.05, 0.1) is 18.0 Å². The largest absolute Gasteiger partial charge is 0.393 e. The van der Waals surface area contributed by atoms with E-state index in [0.717, 1.165) is 36.0 Å². The number of aliphatic hydroxyl groups excluding tert-OH is 1. The summed E-state index contributed by atoms with van der Waals surface area (Å²) in [6, 6.07) is 2.02. The van der Waals surface area contributed by atoms with Gasteiger partial charge in [0.2, 0.25) is 0 Å². The van der Waals surface area contributed by atoms with Gasteiger partial charge in [0.1, 0.15) is 0 Å². The molecule has 1 fully saturated rings. The molecule has 0 aliphatic heterocycles. The van der Waals surface area contributed by atoms with E-state index in [9.17, 15) is 5.11 Å². The molecule has 2 N–H and O–H groups in total. The summed E-state index contributed by atoms with van der Waals surface area (Å²) in [5, 5.41) is 12.9. The highest BCUT2D eigenvalue weighted by molar-refractivity contribution is 9.10. The number of pyridine rings is 1. The number of aromatic nitrogens is 1. The summed E-state index contributed by atoms with van der Waals surface area (Å²) in [6.45, 7) is 0.926. The minimum atomic E-state index is -0.0961. The van der Waals surface area contributed by atoms with Crippen LogP contribution >= 0.6 is 15.9 Å². The Morgan fingerprint density at radius 3 is 3.06 bits per heavy atom. The Bertz CT molecular complexity index is 346. The molecule has 0 radical (unpaired) electrons. The van der Waals surface area contributed by atoms with Crippen LogP contribution in [-0.2, 0) is 0 Å². The highest BCUT2D eigenvalue weighted by Gasteiger charge is 2.19. The molecule has 0 amide bonds. The first-order valence-corrected chi connectivity index (χ1v) is 6.56. The summed E-state index contributed by atoms with van der Waals surface area (Å²) < 4.78 is 0.987. The molecule has 2 rings (SSSR count). The zero-order valence-electron chi connectivity index (χ0n) is 9.19. The predicted molar refractivity (Wildman–Crippen MR) is 68.4 cm³/mol. The van der Waals surface area contributed by atoms with Crippen molar-refractivity contribution in [3.8, 4) is 0 Å². The van der Waals surface area contributed by atoms with Crippen LogP contribution in [0.15, 0.2) is 22.9 Å². The number of nitrogens with zero attached hydrogens (tertiary/aromatic N) is 1. The first kappa shape index (κ1) is 11.9. The van der Waals surface area contributed by atoms with E-state index in [4.69, 9.17) is 0 Å². The van der Waals surface area contributed by atoms with Gasteiger partial charge in [0.25, 0.3) is 0 Å².